The number of aromatic nitrogens is 2. The van der Waals surface area contributed by atoms with Crippen molar-refractivity contribution < 1.29 is 4.39 Å². The van der Waals surface area contributed by atoms with Crippen LogP contribution >= 0.6 is 0 Å². The van der Waals surface area contributed by atoms with Gasteiger partial charge in [-0.05, 0) is 38.5 Å². The van der Waals surface area contributed by atoms with E-state index in [9.17, 15) is 4.39 Å². The van der Waals surface area contributed by atoms with E-state index in [-0.39, 0.29) is 17.9 Å². The molecule has 0 aliphatic rings. The van der Waals surface area contributed by atoms with Crippen molar-refractivity contribution >= 4 is 0 Å². The Hall–Kier alpha value is -1.68. The summed E-state index contributed by atoms with van der Waals surface area (Å²) in [7, 11) is 0. The molecule has 1 heterocycles. The molecule has 4 heteroatoms. The van der Waals surface area contributed by atoms with Crippen LogP contribution in [0.25, 0.3) is 0 Å². The van der Waals surface area contributed by atoms with E-state index in [2.05, 4.69) is 37.4 Å². The van der Waals surface area contributed by atoms with Gasteiger partial charge in [0.25, 0.3) is 0 Å². The normalized spacial score (nSPS) is 14.3. The average molecular weight is 261 g/mol. The average Bonchev–Trinajstić information content (AvgIpc) is 2.88. The Morgan fingerprint density at radius 2 is 1.79 bits per heavy atom. The lowest BCUT2D eigenvalue weighted by molar-refractivity contribution is 0.493. The summed E-state index contributed by atoms with van der Waals surface area (Å²) in [4.78, 5) is 0. The second-order valence-electron chi connectivity index (χ2n) is 4.79. The molecular formula is C15H20FN3. The molecule has 102 valence electrons. The zero-order valence-electron chi connectivity index (χ0n) is 11.6. The molecule has 1 aromatic carbocycles. The minimum absolute atomic E-state index is 0.167. The van der Waals surface area contributed by atoms with E-state index in [1.807, 2.05) is 23.0 Å². The highest BCUT2D eigenvalue weighted by Gasteiger charge is 2.12. The maximum absolute atomic E-state index is 12.9. The lowest BCUT2D eigenvalue weighted by Gasteiger charge is -2.19. The highest BCUT2D eigenvalue weighted by Crippen LogP contribution is 2.19. The van der Waals surface area contributed by atoms with Crippen LogP contribution in [0.3, 0.4) is 0 Å². The van der Waals surface area contributed by atoms with Gasteiger partial charge in [0.2, 0.25) is 0 Å². The van der Waals surface area contributed by atoms with E-state index in [0.717, 1.165) is 17.7 Å². The van der Waals surface area contributed by atoms with E-state index in [4.69, 9.17) is 0 Å². The summed E-state index contributed by atoms with van der Waals surface area (Å²) >= 11 is 0. The first-order chi connectivity index (χ1) is 9.10. The van der Waals surface area contributed by atoms with Gasteiger partial charge >= 0.3 is 0 Å². The Kier molecular flexibility index (Phi) is 4.32. The molecule has 0 aliphatic heterocycles. The van der Waals surface area contributed by atoms with Crippen LogP contribution in [0.4, 0.5) is 4.39 Å². The van der Waals surface area contributed by atoms with E-state index in [0.29, 0.717) is 0 Å². The van der Waals surface area contributed by atoms with Crippen LogP contribution in [-0.4, -0.2) is 9.78 Å². The second kappa shape index (κ2) is 5.97. The summed E-state index contributed by atoms with van der Waals surface area (Å²) in [5.41, 5.74) is 2.24. The van der Waals surface area contributed by atoms with Crippen LogP contribution in [-0.2, 0) is 6.54 Å². The Bertz CT molecular complexity index is 518. The summed E-state index contributed by atoms with van der Waals surface area (Å²) in [6, 6.07) is 6.99. The van der Waals surface area contributed by atoms with Gasteiger partial charge in [-0.2, -0.15) is 5.10 Å². The molecule has 19 heavy (non-hydrogen) atoms. The largest absolute Gasteiger partial charge is 0.304 e. The van der Waals surface area contributed by atoms with Crippen molar-refractivity contribution in [1.29, 1.82) is 0 Å². The maximum atomic E-state index is 12.9. The van der Waals surface area contributed by atoms with Crippen LogP contribution in [0, 0.1) is 5.82 Å². The number of aryl methyl sites for hydroxylation is 1. The Morgan fingerprint density at radius 3 is 2.37 bits per heavy atom. The number of halogens is 1. The number of hydrogen-bond donors (Lipinski definition) is 1. The molecule has 0 fully saturated rings. The quantitative estimate of drug-likeness (QED) is 0.893. The standard InChI is InChI=1S/C15H20FN3/c1-4-19-10-14(9-17-19)12(3)18-11(2)13-5-7-15(16)8-6-13/h5-12,18H,4H2,1-3H3. The summed E-state index contributed by atoms with van der Waals surface area (Å²) in [5, 5.41) is 7.77. The first-order valence-electron chi connectivity index (χ1n) is 6.64. The van der Waals surface area contributed by atoms with Gasteiger partial charge in [0.15, 0.2) is 0 Å². The molecule has 0 spiro atoms. The van der Waals surface area contributed by atoms with Gasteiger partial charge in [0, 0.05) is 30.4 Å². The minimum atomic E-state index is -0.201. The first-order valence-corrected chi connectivity index (χ1v) is 6.64. The summed E-state index contributed by atoms with van der Waals surface area (Å²) in [5.74, 6) is -0.201. The highest BCUT2D eigenvalue weighted by molar-refractivity contribution is 5.20. The van der Waals surface area contributed by atoms with Crippen molar-refractivity contribution in [3.05, 3.63) is 53.6 Å². The number of nitrogens with one attached hydrogen (secondary N) is 1. The van der Waals surface area contributed by atoms with Gasteiger partial charge in [-0.1, -0.05) is 12.1 Å². The summed E-state index contributed by atoms with van der Waals surface area (Å²) < 4.78 is 14.8. The fourth-order valence-electron chi connectivity index (χ4n) is 2.10. The number of hydrogen-bond acceptors (Lipinski definition) is 2. The number of nitrogens with zero attached hydrogens (tertiary/aromatic N) is 2. The van der Waals surface area contributed by atoms with Gasteiger partial charge in [0.1, 0.15) is 5.82 Å². The SMILES string of the molecule is CCn1cc(C(C)NC(C)c2ccc(F)cc2)cn1. The third-order valence-electron chi connectivity index (χ3n) is 3.35. The van der Waals surface area contributed by atoms with Crippen molar-refractivity contribution in [3.63, 3.8) is 0 Å². The summed E-state index contributed by atoms with van der Waals surface area (Å²) in [6.45, 7) is 7.13. The molecule has 0 amide bonds. The van der Waals surface area contributed by atoms with Crippen molar-refractivity contribution in [1.82, 2.24) is 15.1 Å². The van der Waals surface area contributed by atoms with Gasteiger partial charge in [-0.3, -0.25) is 4.68 Å². The smallest absolute Gasteiger partial charge is 0.123 e. The van der Waals surface area contributed by atoms with E-state index in [1.165, 1.54) is 12.1 Å². The van der Waals surface area contributed by atoms with Crippen LogP contribution < -0.4 is 5.32 Å². The minimum Gasteiger partial charge on any atom is -0.304 e. The topological polar surface area (TPSA) is 29.9 Å². The van der Waals surface area contributed by atoms with Crippen molar-refractivity contribution in [3.8, 4) is 0 Å². The molecule has 2 atom stereocenters. The molecule has 2 unspecified atom stereocenters. The van der Waals surface area contributed by atoms with Gasteiger partial charge in [-0.25, -0.2) is 4.39 Å². The molecule has 3 nitrogen and oxygen atoms in total. The monoisotopic (exact) mass is 261 g/mol. The van der Waals surface area contributed by atoms with Crippen LogP contribution in [0.1, 0.15) is 44.0 Å². The van der Waals surface area contributed by atoms with Gasteiger partial charge in [0.05, 0.1) is 6.20 Å². The van der Waals surface area contributed by atoms with E-state index < -0.39 is 0 Å². The van der Waals surface area contributed by atoms with Gasteiger partial charge < -0.3 is 5.32 Å². The lowest BCUT2D eigenvalue weighted by atomic mass is 10.1. The van der Waals surface area contributed by atoms with E-state index in [1.54, 1.807) is 0 Å². The number of benzene rings is 1. The lowest BCUT2D eigenvalue weighted by Crippen LogP contribution is -2.22. The Labute approximate surface area is 113 Å². The third kappa shape index (κ3) is 3.41. The molecule has 1 N–H and O–H groups in total. The van der Waals surface area contributed by atoms with Crippen molar-refractivity contribution in [2.24, 2.45) is 0 Å². The molecule has 2 aromatic rings. The predicted molar refractivity (Wildman–Crippen MR) is 74.3 cm³/mol. The Morgan fingerprint density at radius 1 is 1.16 bits per heavy atom. The molecule has 1 aromatic heterocycles. The molecule has 0 saturated carbocycles. The predicted octanol–water partition coefficient (Wildman–Crippen LogP) is 3.45. The molecule has 0 radical (unpaired) electrons. The van der Waals surface area contributed by atoms with Crippen LogP contribution in [0.2, 0.25) is 0 Å². The second-order valence-corrected chi connectivity index (χ2v) is 4.79. The fraction of sp³-hybridized carbons (Fsp3) is 0.400. The Balaban J connectivity index is 2.01. The molecular weight excluding hydrogens is 241 g/mol. The van der Waals surface area contributed by atoms with Crippen molar-refractivity contribution in [2.45, 2.75) is 39.4 Å². The molecule has 0 aliphatic carbocycles. The van der Waals surface area contributed by atoms with Crippen molar-refractivity contribution in [2.75, 3.05) is 0 Å². The summed E-state index contributed by atoms with van der Waals surface area (Å²) in [6.07, 6.45) is 3.94. The molecule has 2 rings (SSSR count). The van der Waals surface area contributed by atoms with Crippen LogP contribution in [0.5, 0.6) is 0 Å². The number of rotatable bonds is 5. The third-order valence-corrected chi connectivity index (χ3v) is 3.35. The van der Waals surface area contributed by atoms with Crippen LogP contribution in [0.15, 0.2) is 36.7 Å². The highest BCUT2D eigenvalue weighted by atomic mass is 19.1. The van der Waals surface area contributed by atoms with E-state index >= 15 is 0 Å². The fourth-order valence-corrected chi connectivity index (χ4v) is 2.10. The zero-order chi connectivity index (χ0) is 13.8. The first kappa shape index (κ1) is 13.7. The molecule has 0 bridgehead atoms. The van der Waals surface area contributed by atoms with Gasteiger partial charge in [-0.15, -0.1) is 0 Å². The maximum Gasteiger partial charge on any atom is 0.123 e. The molecule has 0 saturated heterocycles. The zero-order valence-corrected chi connectivity index (χ0v) is 11.6.